The molecule has 9 heteroatoms. The van der Waals surface area contributed by atoms with Crippen molar-refractivity contribution in [3.8, 4) is 17.2 Å². The Morgan fingerprint density at radius 2 is 1.72 bits per heavy atom. The van der Waals surface area contributed by atoms with Crippen LogP contribution in [0.2, 0.25) is 0 Å². The van der Waals surface area contributed by atoms with Crippen LogP contribution >= 0.6 is 0 Å². The lowest BCUT2D eigenvalue weighted by molar-refractivity contribution is -0.129. The molecule has 190 valence electrons. The van der Waals surface area contributed by atoms with Crippen molar-refractivity contribution in [1.82, 2.24) is 9.80 Å². The Morgan fingerprint density at radius 1 is 1.06 bits per heavy atom. The monoisotopic (exact) mass is 494 g/mol. The molecule has 1 atom stereocenters. The number of amides is 1. The first kappa shape index (κ1) is 25.1. The van der Waals surface area contributed by atoms with Crippen molar-refractivity contribution in [2.75, 3.05) is 48.5 Å². The van der Waals surface area contributed by atoms with Gasteiger partial charge in [-0.3, -0.25) is 9.59 Å². The van der Waals surface area contributed by atoms with Crippen LogP contribution in [0, 0.1) is 0 Å². The zero-order valence-electron chi connectivity index (χ0n) is 21.0. The number of para-hydroxylation sites is 1. The molecule has 0 saturated carbocycles. The standard InChI is InChI=1S/C27H30N2O7/c1-28(2)11-8-12-29-23(17-14-20(33-3)26(35-5)21(15-17)34-4)22(25(31)27(29)32)24(30)19-13-16-9-6-7-10-18(16)36-19/h6-7,9-10,13-15,23,31H,8,11-12H2,1-5H3/t23-/m0/s1. The van der Waals surface area contributed by atoms with Gasteiger partial charge in [0.25, 0.3) is 5.91 Å². The summed E-state index contributed by atoms with van der Waals surface area (Å²) in [6.07, 6.45) is 0.638. The normalized spacial score (nSPS) is 15.8. The van der Waals surface area contributed by atoms with E-state index in [1.165, 1.54) is 26.2 Å². The number of fused-ring (bicyclic) bond motifs is 1. The molecule has 0 unspecified atom stereocenters. The van der Waals surface area contributed by atoms with Gasteiger partial charge in [-0.1, -0.05) is 18.2 Å². The number of carbonyl (C=O) groups excluding carboxylic acids is 2. The number of methoxy groups -OCH3 is 3. The topological polar surface area (TPSA) is 102 Å². The van der Waals surface area contributed by atoms with Crippen LogP contribution in [-0.4, -0.2) is 75.1 Å². The number of aliphatic hydroxyl groups is 1. The van der Waals surface area contributed by atoms with Crippen LogP contribution in [0.25, 0.3) is 11.0 Å². The predicted molar refractivity (Wildman–Crippen MR) is 134 cm³/mol. The summed E-state index contributed by atoms with van der Waals surface area (Å²) in [5.74, 6) is -0.616. The quantitative estimate of drug-likeness (QED) is 0.422. The number of rotatable bonds is 10. The number of hydrogen-bond acceptors (Lipinski definition) is 8. The summed E-state index contributed by atoms with van der Waals surface area (Å²) in [7, 11) is 8.35. The van der Waals surface area contributed by atoms with Crippen LogP contribution in [0.5, 0.6) is 17.2 Å². The van der Waals surface area contributed by atoms with E-state index in [0.29, 0.717) is 41.4 Å². The van der Waals surface area contributed by atoms with Crippen LogP contribution in [-0.2, 0) is 4.79 Å². The Morgan fingerprint density at radius 3 is 2.31 bits per heavy atom. The third kappa shape index (κ3) is 4.49. The fourth-order valence-electron chi connectivity index (χ4n) is 4.51. The van der Waals surface area contributed by atoms with Crippen LogP contribution in [0.1, 0.15) is 28.6 Å². The first-order chi connectivity index (χ1) is 17.3. The smallest absolute Gasteiger partial charge is 0.290 e. The number of hydrogen-bond donors (Lipinski definition) is 1. The van der Waals surface area contributed by atoms with E-state index in [1.807, 2.05) is 31.1 Å². The van der Waals surface area contributed by atoms with E-state index >= 15 is 0 Å². The van der Waals surface area contributed by atoms with Crippen molar-refractivity contribution in [2.24, 2.45) is 0 Å². The lowest BCUT2D eigenvalue weighted by Crippen LogP contribution is -2.33. The van der Waals surface area contributed by atoms with Gasteiger partial charge < -0.3 is 33.5 Å². The van der Waals surface area contributed by atoms with E-state index < -0.39 is 23.5 Å². The van der Waals surface area contributed by atoms with Gasteiger partial charge in [-0.15, -0.1) is 0 Å². The lowest BCUT2D eigenvalue weighted by Gasteiger charge is -2.28. The first-order valence-corrected chi connectivity index (χ1v) is 11.5. The van der Waals surface area contributed by atoms with E-state index in [9.17, 15) is 14.7 Å². The summed E-state index contributed by atoms with van der Waals surface area (Å²) in [5.41, 5.74) is 1.02. The van der Waals surface area contributed by atoms with Crippen molar-refractivity contribution >= 4 is 22.7 Å². The summed E-state index contributed by atoms with van der Waals surface area (Å²) in [4.78, 5) is 30.5. The molecule has 4 rings (SSSR count). The van der Waals surface area contributed by atoms with Gasteiger partial charge in [-0.2, -0.15) is 0 Å². The minimum absolute atomic E-state index is 0.0399. The zero-order valence-corrected chi connectivity index (χ0v) is 21.0. The Bertz CT molecular complexity index is 1270. The second-order valence-corrected chi connectivity index (χ2v) is 8.76. The summed E-state index contributed by atoms with van der Waals surface area (Å²) < 4.78 is 22.2. The van der Waals surface area contributed by atoms with E-state index in [-0.39, 0.29) is 11.3 Å². The van der Waals surface area contributed by atoms with Gasteiger partial charge in [-0.05, 0) is 56.9 Å². The third-order valence-electron chi connectivity index (χ3n) is 6.20. The van der Waals surface area contributed by atoms with Crippen LogP contribution in [0.3, 0.4) is 0 Å². The maximum absolute atomic E-state index is 13.7. The number of Topliss-reactive ketones (excluding diaryl/α,β-unsaturated/α-hetero) is 1. The Labute approximate surface area is 209 Å². The number of aliphatic hydroxyl groups excluding tert-OH is 1. The van der Waals surface area contributed by atoms with E-state index in [2.05, 4.69) is 0 Å². The maximum Gasteiger partial charge on any atom is 0.290 e. The Hall–Kier alpha value is -3.98. The predicted octanol–water partition coefficient (Wildman–Crippen LogP) is 3.99. The molecule has 0 saturated heterocycles. The summed E-state index contributed by atoms with van der Waals surface area (Å²) in [5, 5.41) is 11.7. The van der Waals surface area contributed by atoms with Crippen LogP contribution < -0.4 is 14.2 Å². The average Bonchev–Trinajstić information content (AvgIpc) is 3.42. The van der Waals surface area contributed by atoms with Gasteiger partial charge in [0.1, 0.15) is 5.58 Å². The molecule has 2 heterocycles. The fourth-order valence-corrected chi connectivity index (χ4v) is 4.51. The van der Waals surface area contributed by atoms with Crippen LogP contribution in [0.4, 0.5) is 0 Å². The van der Waals surface area contributed by atoms with Crippen LogP contribution in [0.15, 0.2) is 58.2 Å². The Kier molecular flexibility index (Phi) is 7.21. The average molecular weight is 495 g/mol. The second-order valence-electron chi connectivity index (χ2n) is 8.76. The summed E-state index contributed by atoms with van der Waals surface area (Å²) in [6, 6.07) is 11.3. The fraction of sp³-hybridized carbons (Fsp3) is 0.333. The van der Waals surface area contributed by atoms with E-state index in [4.69, 9.17) is 18.6 Å². The largest absolute Gasteiger partial charge is 0.503 e. The molecule has 0 bridgehead atoms. The first-order valence-electron chi connectivity index (χ1n) is 11.5. The SMILES string of the molecule is COc1cc([C@H]2C(C(=O)c3cc4ccccc4o3)=C(O)C(=O)N2CCCN(C)C)cc(OC)c1OC. The maximum atomic E-state index is 13.7. The minimum Gasteiger partial charge on any atom is -0.503 e. The van der Waals surface area contributed by atoms with Crippen molar-refractivity contribution in [3.63, 3.8) is 0 Å². The molecular formula is C27H30N2O7. The lowest BCUT2D eigenvalue weighted by atomic mass is 9.94. The molecule has 0 radical (unpaired) electrons. The molecule has 1 N–H and O–H groups in total. The Balaban J connectivity index is 1.84. The van der Waals surface area contributed by atoms with Gasteiger partial charge in [0.05, 0.1) is 32.9 Å². The molecule has 0 spiro atoms. The van der Waals surface area contributed by atoms with Crippen molar-refractivity contribution in [1.29, 1.82) is 0 Å². The van der Waals surface area contributed by atoms with Crippen molar-refractivity contribution in [3.05, 3.63) is 65.1 Å². The van der Waals surface area contributed by atoms with Gasteiger partial charge >= 0.3 is 0 Å². The minimum atomic E-state index is -0.880. The summed E-state index contributed by atoms with van der Waals surface area (Å²) in [6.45, 7) is 1.04. The number of nitrogens with zero attached hydrogens (tertiary/aromatic N) is 2. The summed E-state index contributed by atoms with van der Waals surface area (Å²) >= 11 is 0. The highest BCUT2D eigenvalue weighted by Gasteiger charge is 2.45. The molecule has 1 aliphatic heterocycles. The highest BCUT2D eigenvalue weighted by molar-refractivity contribution is 6.16. The molecule has 1 aromatic heterocycles. The molecule has 0 aliphatic carbocycles. The molecule has 36 heavy (non-hydrogen) atoms. The molecule has 3 aromatic rings. The van der Waals surface area contributed by atoms with Gasteiger partial charge in [0, 0.05) is 11.9 Å². The molecule has 9 nitrogen and oxygen atoms in total. The van der Waals surface area contributed by atoms with E-state index in [0.717, 1.165) is 11.9 Å². The third-order valence-corrected chi connectivity index (χ3v) is 6.20. The molecule has 1 aliphatic rings. The molecule has 0 fully saturated rings. The van der Waals surface area contributed by atoms with Crippen molar-refractivity contribution in [2.45, 2.75) is 12.5 Å². The number of ether oxygens (including phenoxy) is 3. The number of ketones is 1. The second kappa shape index (κ2) is 10.3. The number of carbonyl (C=O) groups is 2. The number of benzene rings is 2. The highest BCUT2D eigenvalue weighted by atomic mass is 16.5. The van der Waals surface area contributed by atoms with Gasteiger partial charge in [-0.25, -0.2) is 0 Å². The number of furan rings is 1. The molecule has 1 amide bonds. The zero-order chi connectivity index (χ0) is 26.0. The van der Waals surface area contributed by atoms with Gasteiger partial charge in [0.15, 0.2) is 23.0 Å². The van der Waals surface area contributed by atoms with E-state index in [1.54, 1.807) is 30.3 Å². The van der Waals surface area contributed by atoms with Crippen molar-refractivity contribution < 1.29 is 33.3 Å². The molecule has 2 aromatic carbocycles. The molecular weight excluding hydrogens is 464 g/mol. The van der Waals surface area contributed by atoms with Gasteiger partial charge in [0.2, 0.25) is 11.5 Å². The highest BCUT2D eigenvalue weighted by Crippen LogP contribution is 2.45.